The van der Waals surface area contributed by atoms with Crippen LogP contribution in [0.3, 0.4) is 0 Å². The maximum Gasteiger partial charge on any atom is 0.247 e. The second-order valence-corrected chi connectivity index (χ2v) is 6.49. The smallest absolute Gasteiger partial charge is 0.247 e. The highest BCUT2D eigenvalue weighted by Crippen LogP contribution is 2.14. The number of nitrogens with two attached hydrogens (primary N) is 1. The summed E-state index contributed by atoms with van der Waals surface area (Å²) in [6.45, 7) is 0.541. The van der Waals surface area contributed by atoms with Gasteiger partial charge in [0, 0.05) is 37.1 Å². The molecule has 3 rings (SSSR count). The van der Waals surface area contributed by atoms with Gasteiger partial charge in [-0.2, -0.15) is 4.98 Å². The van der Waals surface area contributed by atoms with E-state index >= 15 is 0 Å². The van der Waals surface area contributed by atoms with Crippen molar-refractivity contribution in [3.05, 3.63) is 66.4 Å². The Bertz CT molecular complexity index is 927. The Hall–Kier alpha value is -3.59. The minimum absolute atomic E-state index is 0.0354. The maximum atomic E-state index is 12.0. The molecule has 2 heterocycles. The van der Waals surface area contributed by atoms with Crippen LogP contribution in [0, 0.1) is 5.41 Å². The van der Waals surface area contributed by atoms with Gasteiger partial charge >= 0.3 is 0 Å². The number of hydrogen-bond donors (Lipinski definition) is 3. The summed E-state index contributed by atoms with van der Waals surface area (Å²) in [5, 5.41) is 11.3. The zero-order chi connectivity index (χ0) is 20.5. The first-order chi connectivity index (χ1) is 14.2. The van der Waals surface area contributed by atoms with E-state index in [-0.39, 0.29) is 11.9 Å². The predicted octanol–water partition coefficient (Wildman–Crippen LogP) is 1.98. The highest BCUT2D eigenvalue weighted by Gasteiger charge is 2.10. The fourth-order valence-corrected chi connectivity index (χ4v) is 2.77. The van der Waals surface area contributed by atoms with Crippen LogP contribution < -0.4 is 16.2 Å². The lowest BCUT2D eigenvalue weighted by molar-refractivity contribution is -0.121. The molecule has 0 spiro atoms. The van der Waals surface area contributed by atoms with Crippen LogP contribution in [0.25, 0.3) is 5.82 Å². The summed E-state index contributed by atoms with van der Waals surface area (Å²) in [6.07, 6.45) is 8.71. The molecule has 2 aromatic heterocycles. The lowest BCUT2D eigenvalue weighted by atomic mass is 10.1. The van der Waals surface area contributed by atoms with Gasteiger partial charge < -0.3 is 5.32 Å². The van der Waals surface area contributed by atoms with E-state index in [1.807, 2.05) is 36.4 Å². The molecule has 0 bridgehead atoms. The number of anilines is 1. The number of aryl methyl sites for hydroxylation is 1. The van der Waals surface area contributed by atoms with Gasteiger partial charge in [0.25, 0.3) is 0 Å². The van der Waals surface area contributed by atoms with Crippen LogP contribution in [0.2, 0.25) is 0 Å². The van der Waals surface area contributed by atoms with Gasteiger partial charge in [-0.1, -0.05) is 30.3 Å². The Kier molecular flexibility index (Phi) is 7.01. The number of carbonyl (C=O) groups excluding carboxylic acids is 1. The number of aromatic nitrogens is 4. The van der Waals surface area contributed by atoms with Gasteiger partial charge in [0.15, 0.2) is 0 Å². The molecule has 0 aliphatic heterocycles. The molecular weight excluding hydrogens is 368 g/mol. The molecule has 0 radical (unpaired) electrons. The fourth-order valence-electron chi connectivity index (χ4n) is 2.77. The molecule has 0 fully saturated rings. The third kappa shape index (κ3) is 5.94. The van der Waals surface area contributed by atoms with Crippen LogP contribution in [-0.4, -0.2) is 31.8 Å². The summed E-state index contributed by atoms with van der Waals surface area (Å²) < 4.78 is 1.75. The molecule has 0 aliphatic rings. The Labute approximate surface area is 169 Å². The Morgan fingerprint density at radius 2 is 2.07 bits per heavy atom. The molecule has 1 amide bonds. The number of rotatable bonds is 10. The number of nitrogens with one attached hydrogen (secondary N) is 2. The molecule has 0 saturated carbocycles. The molecule has 0 saturated heterocycles. The van der Waals surface area contributed by atoms with Crippen molar-refractivity contribution in [1.29, 1.82) is 5.41 Å². The van der Waals surface area contributed by atoms with Crippen molar-refractivity contribution in [2.24, 2.45) is 5.84 Å². The van der Waals surface area contributed by atoms with Gasteiger partial charge in [0.05, 0.1) is 0 Å². The zero-order valence-corrected chi connectivity index (χ0v) is 16.0. The first kappa shape index (κ1) is 20.2. The standard InChI is InChI=1S/C20H24N8O/c21-14-28(22)20-25-17(12-18(26-20)27-11-10-23-15-27)8-4-5-9-19(29)24-13-16-6-2-1-3-7-16/h1-3,6-7,10-12,14-15,21H,4-5,8-9,13,22H2,(H,24,29). The van der Waals surface area contributed by atoms with E-state index in [0.717, 1.165) is 35.4 Å². The Balaban J connectivity index is 1.52. The second kappa shape index (κ2) is 10.1. The zero-order valence-electron chi connectivity index (χ0n) is 16.0. The van der Waals surface area contributed by atoms with Crippen molar-refractivity contribution >= 4 is 18.2 Å². The topological polar surface area (TPSA) is 126 Å². The number of imidazole rings is 1. The molecule has 0 atom stereocenters. The molecule has 1 aromatic carbocycles. The van der Waals surface area contributed by atoms with E-state index in [0.29, 0.717) is 25.2 Å². The Morgan fingerprint density at radius 3 is 2.79 bits per heavy atom. The lowest BCUT2D eigenvalue weighted by Gasteiger charge is -2.13. The van der Waals surface area contributed by atoms with E-state index in [1.165, 1.54) is 0 Å². The lowest BCUT2D eigenvalue weighted by Crippen LogP contribution is -2.31. The minimum atomic E-state index is 0.0354. The van der Waals surface area contributed by atoms with Crippen molar-refractivity contribution in [3.8, 4) is 5.82 Å². The largest absolute Gasteiger partial charge is 0.352 e. The van der Waals surface area contributed by atoms with Gasteiger partial charge in [-0.15, -0.1) is 0 Å². The number of hydrogen-bond acceptors (Lipinski definition) is 6. The number of hydrazine groups is 1. The van der Waals surface area contributed by atoms with Gasteiger partial charge in [-0.3, -0.25) is 14.8 Å². The number of amides is 1. The molecule has 9 heteroatoms. The van der Waals surface area contributed by atoms with Crippen molar-refractivity contribution < 1.29 is 4.79 Å². The molecule has 29 heavy (non-hydrogen) atoms. The fraction of sp³-hybridized carbons (Fsp3) is 0.250. The third-order valence-electron chi connectivity index (χ3n) is 4.31. The number of nitrogens with zero attached hydrogens (tertiary/aromatic N) is 5. The summed E-state index contributed by atoms with van der Waals surface area (Å²) in [5.41, 5.74) is 1.87. The summed E-state index contributed by atoms with van der Waals surface area (Å²) in [5.74, 6) is 6.65. The summed E-state index contributed by atoms with van der Waals surface area (Å²) in [4.78, 5) is 24.8. The average molecular weight is 392 g/mol. The molecular formula is C20H24N8O. The quantitative estimate of drug-likeness (QED) is 0.159. The average Bonchev–Trinajstić information content (AvgIpc) is 3.30. The molecule has 150 valence electrons. The highest BCUT2D eigenvalue weighted by atomic mass is 16.1. The van der Waals surface area contributed by atoms with Gasteiger partial charge in [0.2, 0.25) is 11.9 Å². The van der Waals surface area contributed by atoms with E-state index in [9.17, 15) is 4.79 Å². The monoisotopic (exact) mass is 392 g/mol. The van der Waals surface area contributed by atoms with Gasteiger partial charge in [-0.05, 0) is 24.8 Å². The van der Waals surface area contributed by atoms with Crippen LogP contribution in [0.5, 0.6) is 0 Å². The molecule has 9 nitrogen and oxygen atoms in total. The molecule has 0 unspecified atom stereocenters. The number of benzene rings is 1. The van der Waals surface area contributed by atoms with Crippen LogP contribution in [0.1, 0.15) is 30.5 Å². The third-order valence-corrected chi connectivity index (χ3v) is 4.31. The first-order valence-corrected chi connectivity index (χ1v) is 9.37. The van der Waals surface area contributed by atoms with Crippen molar-refractivity contribution in [3.63, 3.8) is 0 Å². The van der Waals surface area contributed by atoms with E-state index in [2.05, 4.69) is 20.3 Å². The van der Waals surface area contributed by atoms with E-state index in [1.54, 1.807) is 23.3 Å². The summed E-state index contributed by atoms with van der Waals surface area (Å²) in [6, 6.07) is 11.7. The maximum absolute atomic E-state index is 12.0. The van der Waals surface area contributed by atoms with Crippen molar-refractivity contribution in [2.75, 3.05) is 5.01 Å². The second-order valence-electron chi connectivity index (χ2n) is 6.49. The van der Waals surface area contributed by atoms with Gasteiger partial charge in [-0.25, -0.2) is 20.8 Å². The van der Waals surface area contributed by atoms with Crippen LogP contribution >= 0.6 is 0 Å². The van der Waals surface area contributed by atoms with Crippen molar-refractivity contribution in [1.82, 2.24) is 24.8 Å². The van der Waals surface area contributed by atoms with Crippen LogP contribution in [0.4, 0.5) is 5.95 Å². The normalized spacial score (nSPS) is 10.5. The molecule has 3 aromatic rings. The SMILES string of the molecule is N=CN(N)c1nc(CCCCC(=O)NCc2ccccc2)cc(-n2ccnc2)n1. The predicted molar refractivity (Wildman–Crippen MR) is 110 cm³/mol. The van der Waals surface area contributed by atoms with Crippen LogP contribution in [0.15, 0.2) is 55.1 Å². The molecule has 4 N–H and O–H groups in total. The number of carbonyl (C=O) groups is 1. The first-order valence-electron chi connectivity index (χ1n) is 9.37. The van der Waals surface area contributed by atoms with Crippen molar-refractivity contribution in [2.45, 2.75) is 32.2 Å². The van der Waals surface area contributed by atoms with Gasteiger partial charge in [0.1, 0.15) is 18.5 Å². The summed E-state index contributed by atoms with van der Waals surface area (Å²) >= 11 is 0. The van der Waals surface area contributed by atoms with Crippen LogP contribution in [-0.2, 0) is 17.8 Å². The van der Waals surface area contributed by atoms with E-state index in [4.69, 9.17) is 11.3 Å². The summed E-state index contributed by atoms with van der Waals surface area (Å²) in [7, 11) is 0. The Morgan fingerprint density at radius 1 is 1.24 bits per heavy atom. The minimum Gasteiger partial charge on any atom is -0.352 e. The molecule has 0 aliphatic carbocycles. The van der Waals surface area contributed by atoms with E-state index < -0.39 is 0 Å². The highest BCUT2D eigenvalue weighted by molar-refractivity contribution is 5.75. The number of unbranched alkanes of at least 4 members (excludes halogenated alkanes) is 1.